The van der Waals surface area contributed by atoms with Crippen LogP contribution in [0.25, 0.3) is 15.9 Å². The molecule has 5 rings (SSSR count). The first-order valence-electron chi connectivity index (χ1n) is 9.54. The van der Waals surface area contributed by atoms with Gasteiger partial charge in [-0.05, 0) is 54.8 Å². The van der Waals surface area contributed by atoms with Crippen LogP contribution < -0.4 is 5.56 Å². The van der Waals surface area contributed by atoms with Crippen LogP contribution in [0, 0.1) is 0 Å². The van der Waals surface area contributed by atoms with Crippen LogP contribution in [0.4, 0.5) is 0 Å². The first-order chi connectivity index (χ1) is 14.2. The van der Waals surface area contributed by atoms with Crippen molar-refractivity contribution >= 4 is 50.4 Å². The van der Waals surface area contributed by atoms with Crippen molar-refractivity contribution in [3.8, 4) is 5.69 Å². The van der Waals surface area contributed by atoms with Crippen molar-refractivity contribution in [1.29, 1.82) is 0 Å². The summed E-state index contributed by atoms with van der Waals surface area (Å²) in [5.74, 6) is 0.320. The van der Waals surface area contributed by atoms with Crippen LogP contribution in [0.15, 0.2) is 57.8 Å². The number of rotatable bonds is 5. The number of benzene rings is 1. The highest BCUT2D eigenvalue weighted by Gasteiger charge is 2.23. The Morgan fingerprint density at radius 2 is 1.93 bits per heavy atom. The summed E-state index contributed by atoms with van der Waals surface area (Å²) in [6.45, 7) is 0. The Kier molecular flexibility index (Phi) is 5.11. The van der Waals surface area contributed by atoms with Crippen molar-refractivity contribution in [3.05, 3.63) is 73.5 Å². The molecule has 1 aromatic carbocycles. The van der Waals surface area contributed by atoms with Crippen molar-refractivity contribution in [3.63, 3.8) is 0 Å². The van der Waals surface area contributed by atoms with Crippen molar-refractivity contribution in [2.24, 2.45) is 0 Å². The summed E-state index contributed by atoms with van der Waals surface area (Å²) in [4.78, 5) is 33.8. The maximum Gasteiger partial charge on any atom is 0.267 e. The summed E-state index contributed by atoms with van der Waals surface area (Å²) in [6.07, 6.45) is 4.27. The van der Waals surface area contributed by atoms with E-state index in [9.17, 15) is 9.59 Å². The fourth-order valence-electron chi connectivity index (χ4n) is 3.73. The third-order valence-corrected chi connectivity index (χ3v) is 8.14. The minimum atomic E-state index is -0.0216. The number of aromatic nitrogens is 2. The Labute approximate surface area is 180 Å². The topological polar surface area (TPSA) is 52.0 Å². The summed E-state index contributed by atoms with van der Waals surface area (Å²) in [7, 11) is 0. The third-order valence-electron chi connectivity index (χ3n) is 5.10. The minimum Gasteiger partial charge on any atom is -0.292 e. The van der Waals surface area contributed by atoms with Gasteiger partial charge >= 0.3 is 0 Å². The maximum absolute atomic E-state index is 13.6. The second-order valence-electron chi connectivity index (χ2n) is 6.95. The molecular formula is C22H18N2O2S3. The van der Waals surface area contributed by atoms with E-state index in [-0.39, 0.29) is 17.1 Å². The minimum absolute atomic E-state index is 0.0216. The number of thiophene rings is 2. The molecule has 0 radical (unpaired) electrons. The van der Waals surface area contributed by atoms with E-state index < -0.39 is 0 Å². The van der Waals surface area contributed by atoms with Crippen molar-refractivity contribution in [1.82, 2.24) is 9.55 Å². The van der Waals surface area contributed by atoms with E-state index in [0.29, 0.717) is 5.16 Å². The number of carbonyl (C=O) groups is 1. The smallest absolute Gasteiger partial charge is 0.267 e. The Hall–Kier alpha value is -2.22. The number of thioether (sulfide) groups is 1. The fourth-order valence-corrected chi connectivity index (χ4v) is 6.68. The molecule has 0 saturated heterocycles. The molecule has 3 heterocycles. The molecule has 0 fully saturated rings. The number of para-hydroxylation sites is 1. The zero-order valence-electron chi connectivity index (χ0n) is 15.6. The second-order valence-corrected chi connectivity index (χ2v) is 9.92. The van der Waals surface area contributed by atoms with Crippen LogP contribution >= 0.6 is 34.4 Å². The number of Topliss-reactive ketones (excluding diaryl/α,β-unsaturated/α-hetero) is 1. The predicted octanol–water partition coefficient (Wildman–Crippen LogP) is 5.36. The quantitative estimate of drug-likeness (QED) is 0.239. The Morgan fingerprint density at radius 1 is 1.10 bits per heavy atom. The summed E-state index contributed by atoms with van der Waals surface area (Å²) in [5.41, 5.74) is 1.95. The second kappa shape index (κ2) is 7.89. The predicted molar refractivity (Wildman–Crippen MR) is 121 cm³/mol. The van der Waals surface area contributed by atoms with Crippen LogP contribution in [0.3, 0.4) is 0 Å². The van der Waals surface area contributed by atoms with Crippen molar-refractivity contribution in [2.45, 2.75) is 30.8 Å². The third kappa shape index (κ3) is 3.47. The van der Waals surface area contributed by atoms with E-state index in [4.69, 9.17) is 4.98 Å². The van der Waals surface area contributed by atoms with Gasteiger partial charge in [0.15, 0.2) is 10.9 Å². The lowest BCUT2D eigenvalue weighted by molar-refractivity contribution is 0.102. The van der Waals surface area contributed by atoms with Gasteiger partial charge in [-0.1, -0.05) is 36.0 Å². The highest BCUT2D eigenvalue weighted by atomic mass is 32.2. The van der Waals surface area contributed by atoms with Crippen molar-refractivity contribution < 1.29 is 4.79 Å². The molecule has 3 aromatic heterocycles. The van der Waals surface area contributed by atoms with Crippen LogP contribution in [-0.4, -0.2) is 21.1 Å². The average Bonchev–Trinajstić information content (AvgIpc) is 3.40. The Balaban J connectivity index is 1.63. The van der Waals surface area contributed by atoms with Gasteiger partial charge in [-0.25, -0.2) is 4.98 Å². The maximum atomic E-state index is 13.6. The van der Waals surface area contributed by atoms with Gasteiger partial charge in [-0.15, -0.1) is 22.7 Å². The van der Waals surface area contributed by atoms with Crippen molar-refractivity contribution in [2.75, 3.05) is 5.75 Å². The number of ketones is 1. The van der Waals surface area contributed by atoms with Gasteiger partial charge < -0.3 is 0 Å². The van der Waals surface area contributed by atoms with Gasteiger partial charge in [0.2, 0.25) is 0 Å². The normalized spacial score (nSPS) is 13.5. The first kappa shape index (κ1) is 18.8. The highest BCUT2D eigenvalue weighted by molar-refractivity contribution is 7.99. The molecule has 4 aromatic rings. The van der Waals surface area contributed by atoms with Crippen LogP contribution in [0.2, 0.25) is 0 Å². The van der Waals surface area contributed by atoms with E-state index in [2.05, 4.69) is 0 Å². The number of nitrogens with zero attached hydrogens (tertiary/aromatic N) is 2. The molecule has 1 aliphatic carbocycles. The number of fused-ring (bicyclic) bond motifs is 3. The SMILES string of the molecule is O=C(CSc1nc2sc3c(c2c(=O)n1-c1ccccc1)CCCC3)c1cccs1. The monoisotopic (exact) mass is 438 g/mol. The largest absolute Gasteiger partial charge is 0.292 e. The molecule has 7 heteroatoms. The summed E-state index contributed by atoms with van der Waals surface area (Å²) in [6, 6.07) is 13.3. The Morgan fingerprint density at radius 3 is 2.72 bits per heavy atom. The van der Waals surface area contributed by atoms with E-state index >= 15 is 0 Å². The summed E-state index contributed by atoms with van der Waals surface area (Å²) >= 11 is 4.42. The molecular weight excluding hydrogens is 420 g/mol. The standard InChI is InChI=1S/C22H18N2O2S3/c25-16(18-11-6-12-27-18)13-28-22-23-20-19(15-9-4-5-10-17(15)29-20)21(26)24(22)14-7-2-1-3-8-14/h1-3,6-8,11-12H,4-5,9-10,13H2. The lowest BCUT2D eigenvalue weighted by Crippen LogP contribution is -2.22. The zero-order valence-corrected chi connectivity index (χ0v) is 18.0. The Bertz CT molecular complexity index is 1240. The summed E-state index contributed by atoms with van der Waals surface area (Å²) < 4.78 is 1.68. The van der Waals surface area contributed by atoms with Crippen LogP contribution in [0.5, 0.6) is 0 Å². The molecule has 0 N–H and O–H groups in total. The zero-order chi connectivity index (χ0) is 19.8. The number of aryl methyl sites for hydroxylation is 2. The number of hydrogen-bond acceptors (Lipinski definition) is 6. The molecule has 146 valence electrons. The highest BCUT2D eigenvalue weighted by Crippen LogP contribution is 2.35. The van der Waals surface area contributed by atoms with Gasteiger partial charge in [0.1, 0.15) is 4.83 Å². The molecule has 0 saturated carbocycles. The molecule has 4 nitrogen and oxygen atoms in total. The average molecular weight is 439 g/mol. The van der Waals surface area contributed by atoms with Gasteiger partial charge in [-0.3, -0.25) is 14.2 Å². The van der Waals surface area contributed by atoms with Crippen LogP contribution in [0.1, 0.15) is 33.0 Å². The molecule has 0 atom stereocenters. The van der Waals surface area contributed by atoms with E-state index in [1.165, 1.54) is 40.0 Å². The van der Waals surface area contributed by atoms with Gasteiger partial charge in [0.05, 0.1) is 21.7 Å². The van der Waals surface area contributed by atoms with Gasteiger partial charge in [0, 0.05) is 4.88 Å². The first-order valence-corrected chi connectivity index (χ1v) is 12.2. The molecule has 0 unspecified atom stereocenters. The van der Waals surface area contributed by atoms with Crippen LogP contribution in [-0.2, 0) is 12.8 Å². The molecule has 1 aliphatic rings. The number of carbonyl (C=O) groups excluding carboxylic acids is 1. The van der Waals surface area contributed by atoms with Gasteiger partial charge in [-0.2, -0.15) is 0 Å². The van der Waals surface area contributed by atoms with Gasteiger partial charge in [0.25, 0.3) is 5.56 Å². The molecule has 0 amide bonds. The van der Waals surface area contributed by atoms with E-state index in [0.717, 1.165) is 40.0 Å². The molecule has 0 spiro atoms. The summed E-state index contributed by atoms with van der Waals surface area (Å²) in [5, 5.41) is 3.25. The molecule has 0 bridgehead atoms. The lowest BCUT2D eigenvalue weighted by atomic mass is 9.97. The lowest BCUT2D eigenvalue weighted by Gasteiger charge is -2.13. The molecule has 0 aliphatic heterocycles. The number of hydrogen-bond donors (Lipinski definition) is 0. The molecule has 29 heavy (non-hydrogen) atoms. The fraction of sp³-hybridized carbons (Fsp3) is 0.227. The van der Waals surface area contributed by atoms with E-state index in [1.54, 1.807) is 15.9 Å². The van der Waals surface area contributed by atoms with E-state index in [1.807, 2.05) is 47.8 Å².